The minimum atomic E-state index is 0.103. The zero-order chi connectivity index (χ0) is 13.2. The molecule has 1 aromatic rings. The number of hydrogen-bond acceptors (Lipinski definition) is 3. The quantitative estimate of drug-likeness (QED) is 0.829. The second-order valence-corrected chi connectivity index (χ2v) is 5.33. The highest BCUT2D eigenvalue weighted by Crippen LogP contribution is 2.33. The van der Waals surface area contributed by atoms with Crippen LogP contribution in [0.1, 0.15) is 31.2 Å². The number of benzene rings is 1. The smallest absolute Gasteiger partial charge is 0.229 e. The lowest BCUT2D eigenvalue weighted by Crippen LogP contribution is -2.33. The van der Waals surface area contributed by atoms with Crippen molar-refractivity contribution in [2.45, 2.75) is 38.2 Å². The molecule has 2 heterocycles. The zero-order valence-corrected chi connectivity index (χ0v) is 11.1. The largest absolute Gasteiger partial charge is 0.398 e. The molecule has 1 aromatic carbocycles. The standard InChI is InChI=1S/C15H20N2O2/c16-13-5-3-6-14-12(13)7-8-17(14)15(18)10-11-4-1-2-9-19-11/h3,5-6,11H,1-2,4,7-10,16H2. The molecule has 4 nitrogen and oxygen atoms in total. The summed E-state index contributed by atoms with van der Waals surface area (Å²) in [5, 5.41) is 0. The summed E-state index contributed by atoms with van der Waals surface area (Å²) in [5.74, 6) is 0.163. The highest BCUT2D eigenvalue weighted by molar-refractivity contribution is 5.96. The van der Waals surface area contributed by atoms with E-state index in [-0.39, 0.29) is 12.0 Å². The summed E-state index contributed by atoms with van der Waals surface area (Å²) in [6.07, 6.45) is 4.75. The number of carbonyl (C=O) groups is 1. The molecule has 0 aromatic heterocycles. The molecule has 0 bridgehead atoms. The number of rotatable bonds is 2. The van der Waals surface area contributed by atoms with E-state index in [0.717, 1.165) is 49.4 Å². The lowest BCUT2D eigenvalue weighted by molar-refractivity contribution is -0.122. The van der Waals surface area contributed by atoms with E-state index in [1.807, 2.05) is 23.1 Å². The molecule has 4 heteroatoms. The fraction of sp³-hybridized carbons (Fsp3) is 0.533. The van der Waals surface area contributed by atoms with Crippen molar-refractivity contribution in [3.8, 4) is 0 Å². The monoisotopic (exact) mass is 260 g/mol. The van der Waals surface area contributed by atoms with Gasteiger partial charge >= 0.3 is 0 Å². The average Bonchev–Trinajstić information content (AvgIpc) is 2.85. The van der Waals surface area contributed by atoms with Crippen molar-refractivity contribution in [3.63, 3.8) is 0 Å². The third kappa shape index (κ3) is 2.45. The minimum absolute atomic E-state index is 0.103. The molecule has 1 saturated heterocycles. The number of nitrogens with two attached hydrogens (primary N) is 1. The third-order valence-corrected chi connectivity index (χ3v) is 4.04. The van der Waals surface area contributed by atoms with Crippen LogP contribution in [0.25, 0.3) is 0 Å². The van der Waals surface area contributed by atoms with Gasteiger partial charge in [0, 0.05) is 30.1 Å². The zero-order valence-electron chi connectivity index (χ0n) is 11.1. The third-order valence-electron chi connectivity index (χ3n) is 4.04. The molecule has 102 valence electrons. The van der Waals surface area contributed by atoms with E-state index in [2.05, 4.69) is 0 Å². The second-order valence-electron chi connectivity index (χ2n) is 5.33. The van der Waals surface area contributed by atoms with Crippen LogP contribution in [-0.4, -0.2) is 25.2 Å². The van der Waals surface area contributed by atoms with Crippen LogP contribution in [0.5, 0.6) is 0 Å². The maximum atomic E-state index is 12.4. The molecule has 3 rings (SSSR count). The van der Waals surface area contributed by atoms with Crippen molar-refractivity contribution in [2.24, 2.45) is 0 Å². The van der Waals surface area contributed by atoms with Crippen LogP contribution in [0.15, 0.2) is 18.2 Å². The van der Waals surface area contributed by atoms with Crippen LogP contribution in [-0.2, 0) is 16.0 Å². The van der Waals surface area contributed by atoms with Crippen molar-refractivity contribution < 1.29 is 9.53 Å². The van der Waals surface area contributed by atoms with Crippen LogP contribution in [0.4, 0.5) is 11.4 Å². The Balaban J connectivity index is 1.71. The van der Waals surface area contributed by atoms with Crippen LogP contribution >= 0.6 is 0 Å². The summed E-state index contributed by atoms with van der Waals surface area (Å²) in [6.45, 7) is 1.54. The lowest BCUT2D eigenvalue weighted by atomic mass is 10.1. The fourth-order valence-electron chi connectivity index (χ4n) is 2.99. The topological polar surface area (TPSA) is 55.6 Å². The van der Waals surface area contributed by atoms with Gasteiger partial charge in [0.2, 0.25) is 5.91 Å². The van der Waals surface area contributed by atoms with Crippen molar-refractivity contribution in [3.05, 3.63) is 23.8 Å². The van der Waals surface area contributed by atoms with Crippen molar-refractivity contribution in [1.29, 1.82) is 0 Å². The van der Waals surface area contributed by atoms with Gasteiger partial charge in [-0.25, -0.2) is 0 Å². The van der Waals surface area contributed by atoms with E-state index in [1.54, 1.807) is 0 Å². The fourth-order valence-corrected chi connectivity index (χ4v) is 2.99. The number of amides is 1. The van der Waals surface area contributed by atoms with E-state index in [0.29, 0.717) is 6.42 Å². The van der Waals surface area contributed by atoms with Crippen LogP contribution in [0.2, 0.25) is 0 Å². The molecular weight excluding hydrogens is 240 g/mol. The molecule has 1 atom stereocenters. The van der Waals surface area contributed by atoms with E-state index >= 15 is 0 Å². The van der Waals surface area contributed by atoms with Gasteiger partial charge in [-0.15, -0.1) is 0 Å². The van der Waals surface area contributed by atoms with Gasteiger partial charge in [0.25, 0.3) is 0 Å². The molecule has 0 spiro atoms. The molecular formula is C15H20N2O2. The van der Waals surface area contributed by atoms with Gasteiger partial charge in [-0.05, 0) is 37.8 Å². The van der Waals surface area contributed by atoms with Crippen LogP contribution < -0.4 is 10.6 Å². The Morgan fingerprint density at radius 2 is 2.32 bits per heavy atom. The molecule has 2 aliphatic rings. The molecule has 0 radical (unpaired) electrons. The molecule has 2 aliphatic heterocycles. The Morgan fingerprint density at radius 1 is 1.42 bits per heavy atom. The van der Waals surface area contributed by atoms with Gasteiger partial charge in [-0.2, -0.15) is 0 Å². The number of ether oxygens (including phenoxy) is 1. The first-order chi connectivity index (χ1) is 9.25. The first-order valence-electron chi connectivity index (χ1n) is 7.05. The number of nitrogen functional groups attached to an aromatic ring is 1. The predicted octanol–water partition coefficient (Wildman–Crippen LogP) is 2.12. The van der Waals surface area contributed by atoms with E-state index in [9.17, 15) is 4.79 Å². The Labute approximate surface area is 113 Å². The van der Waals surface area contributed by atoms with E-state index in [4.69, 9.17) is 10.5 Å². The summed E-state index contributed by atoms with van der Waals surface area (Å²) >= 11 is 0. The molecule has 0 saturated carbocycles. The molecule has 1 amide bonds. The Morgan fingerprint density at radius 3 is 3.11 bits per heavy atom. The summed E-state index contributed by atoms with van der Waals surface area (Å²) in [4.78, 5) is 14.3. The summed E-state index contributed by atoms with van der Waals surface area (Å²) in [6, 6.07) is 5.80. The first-order valence-corrected chi connectivity index (χ1v) is 7.05. The van der Waals surface area contributed by atoms with Gasteiger partial charge in [-0.1, -0.05) is 6.07 Å². The normalized spacial score (nSPS) is 22.3. The predicted molar refractivity (Wildman–Crippen MR) is 75.1 cm³/mol. The van der Waals surface area contributed by atoms with Crippen molar-refractivity contribution >= 4 is 17.3 Å². The maximum Gasteiger partial charge on any atom is 0.229 e. The number of carbonyl (C=O) groups excluding carboxylic acids is 1. The highest BCUT2D eigenvalue weighted by Gasteiger charge is 2.28. The number of anilines is 2. The lowest BCUT2D eigenvalue weighted by Gasteiger charge is -2.25. The van der Waals surface area contributed by atoms with Crippen molar-refractivity contribution in [1.82, 2.24) is 0 Å². The minimum Gasteiger partial charge on any atom is -0.398 e. The Kier molecular flexibility index (Phi) is 3.42. The highest BCUT2D eigenvalue weighted by atomic mass is 16.5. The first kappa shape index (κ1) is 12.5. The Bertz CT molecular complexity index is 481. The number of hydrogen-bond donors (Lipinski definition) is 1. The molecule has 19 heavy (non-hydrogen) atoms. The SMILES string of the molecule is Nc1cccc2c1CCN2C(=O)CC1CCCCO1. The summed E-state index contributed by atoms with van der Waals surface area (Å²) in [7, 11) is 0. The van der Waals surface area contributed by atoms with Gasteiger partial charge in [-0.3, -0.25) is 4.79 Å². The second kappa shape index (κ2) is 5.21. The van der Waals surface area contributed by atoms with Gasteiger partial charge < -0.3 is 15.4 Å². The van der Waals surface area contributed by atoms with Crippen LogP contribution in [0, 0.1) is 0 Å². The molecule has 2 N–H and O–H groups in total. The number of fused-ring (bicyclic) bond motifs is 1. The molecule has 0 aliphatic carbocycles. The van der Waals surface area contributed by atoms with Crippen LogP contribution in [0.3, 0.4) is 0 Å². The van der Waals surface area contributed by atoms with Gasteiger partial charge in [0.1, 0.15) is 0 Å². The van der Waals surface area contributed by atoms with E-state index in [1.165, 1.54) is 6.42 Å². The van der Waals surface area contributed by atoms with Crippen molar-refractivity contribution in [2.75, 3.05) is 23.8 Å². The average molecular weight is 260 g/mol. The summed E-state index contributed by atoms with van der Waals surface area (Å²) in [5.41, 5.74) is 8.85. The number of nitrogens with zero attached hydrogens (tertiary/aromatic N) is 1. The van der Waals surface area contributed by atoms with Gasteiger partial charge in [0.15, 0.2) is 0 Å². The summed E-state index contributed by atoms with van der Waals surface area (Å²) < 4.78 is 5.65. The Hall–Kier alpha value is -1.55. The van der Waals surface area contributed by atoms with Gasteiger partial charge in [0.05, 0.1) is 12.5 Å². The maximum absolute atomic E-state index is 12.4. The van der Waals surface area contributed by atoms with E-state index < -0.39 is 0 Å². The molecule has 1 fully saturated rings. The molecule has 1 unspecified atom stereocenters.